The highest BCUT2D eigenvalue weighted by Crippen LogP contribution is 2.28. The average Bonchev–Trinajstić information content (AvgIpc) is 2.96. The van der Waals surface area contributed by atoms with Gasteiger partial charge in [0.2, 0.25) is 0 Å². The number of imidazole rings is 1. The molecule has 4 rings (SSSR count). The topological polar surface area (TPSA) is 53.1 Å². The van der Waals surface area contributed by atoms with Crippen molar-refractivity contribution in [1.29, 1.82) is 5.26 Å². The lowest BCUT2D eigenvalue weighted by Crippen LogP contribution is -2.01. The lowest BCUT2D eigenvalue weighted by atomic mass is 10.1. The van der Waals surface area contributed by atoms with Crippen LogP contribution >= 0.6 is 15.9 Å². The highest BCUT2D eigenvalue weighted by molar-refractivity contribution is 9.10. The molecular formula is C19H13BrN4. The lowest BCUT2D eigenvalue weighted by Gasteiger charge is -2.12. The lowest BCUT2D eigenvalue weighted by molar-refractivity contribution is 1.19. The van der Waals surface area contributed by atoms with Crippen LogP contribution in [-0.2, 0) is 0 Å². The zero-order valence-corrected chi connectivity index (χ0v) is 14.5. The Morgan fingerprint density at radius 2 is 1.88 bits per heavy atom. The fourth-order valence-electron chi connectivity index (χ4n) is 2.87. The predicted octanol–water partition coefficient (Wildman–Crippen LogP) is 5.17. The molecule has 0 unspecified atom stereocenters. The van der Waals surface area contributed by atoms with Crippen LogP contribution in [0, 0.1) is 18.3 Å². The van der Waals surface area contributed by atoms with Crippen molar-refractivity contribution < 1.29 is 0 Å². The summed E-state index contributed by atoms with van der Waals surface area (Å²) in [7, 11) is 0. The number of pyridine rings is 1. The molecule has 0 bridgehead atoms. The second kappa shape index (κ2) is 5.66. The van der Waals surface area contributed by atoms with Crippen molar-refractivity contribution in [2.24, 2.45) is 0 Å². The van der Waals surface area contributed by atoms with Crippen LogP contribution in [0.15, 0.2) is 59.1 Å². The summed E-state index contributed by atoms with van der Waals surface area (Å²) in [5, 5.41) is 13.0. The Hall–Kier alpha value is -2.84. The number of nitrogens with zero attached hydrogens (tertiary/aromatic N) is 3. The van der Waals surface area contributed by atoms with Crippen molar-refractivity contribution in [1.82, 2.24) is 9.38 Å². The van der Waals surface area contributed by atoms with Crippen molar-refractivity contribution in [3.8, 4) is 6.07 Å². The van der Waals surface area contributed by atoms with Gasteiger partial charge in [-0.15, -0.1) is 0 Å². The minimum absolute atomic E-state index is 0.604. The van der Waals surface area contributed by atoms with Gasteiger partial charge in [0, 0.05) is 10.2 Å². The van der Waals surface area contributed by atoms with E-state index < -0.39 is 0 Å². The Labute approximate surface area is 147 Å². The molecule has 0 spiro atoms. The molecule has 0 aliphatic heterocycles. The fourth-order valence-corrected chi connectivity index (χ4v) is 3.13. The van der Waals surface area contributed by atoms with E-state index in [0.717, 1.165) is 32.6 Å². The summed E-state index contributed by atoms with van der Waals surface area (Å²) in [6.45, 7) is 1.94. The van der Waals surface area contributed by atoms with Crippen LogP contribution in [0.2, 0.25) is 0 Å². The normalized spacial score (nSPS) is 10.9. The van der Waals surface area contributed by atoms with Gasteiger partial charge < -0.3 is 5.32 Å². The van der Waals surface area contributed by atoms with Crippen LogP contribution < -0.4 is 5.32 Å². The van der Waals surface area contributed by atoms with E-state index in [1.54, 1.807) is 0 Å². The number of aryl methyl sites for hydroxylation is 1. The molecular weight excluding hydrogens is 364 g/mol. The molecule has 0 aliphatic rings. The number of fused-ring (bicyclic) bond motifs is 3. The summed E-state index contributed by atoms with van der Waals surface area (Å²) in [6, 6.07) is 20.2. The Balaban J connectivity index is 2.01. The highest BCUT2D eigenvalue weighted by atomic mass is 79.9. The Kier molecular flexibility index (Phi) is 3.47. The first-order valence-electron chi connectivity index (χ1n) is 7.51. The Morgan fingerprint density at radius 3 is 2.62 bits per heavy atom. The molecule has 2 aromatic heterocycles. The van der Waals surface area contributed by atoms with E-state index in [0.29, 0.717) is 11.2 Å². The molecule has 0 amide bonds. The molecule has 2 aromatic carbocycles. The SMILES string of the molecule is Cc1cc(Nc2ccc(Br)cc2)n2c(nc3ccccc32)c1C#N. The average molecular weight is 377 g/mol. The number of anilines is 2. The Morgan fingerprint density at radius 1 is 1.12 bits per heavy atom. The molecule has 0 saturated heterocycles. The van der Waals surface area contributed by atoms with Crippen LogP contribution in [0.5, 0.6) is 0 Å². The van der Waals surface area contributed by atoms with Gasteiger partial charge in [0.1, 0.15) is 11.9 Å². The maximum atomic E-state index is 9.52. The van der Waals surface area contributed by atoms with Gasteiger partial charge in [0.15, 0.2) is 5.65 Å². The third-order valence-electron chi connectivity index (χ3n) is 4.00. The molecule has 116 valence electrons. The van der Waals surface area contributed by atoms with E-state index in [4.69, 9.17) is 0 Å². The van der Waals surface area contributed by atoms with Gasteiger partial charge in [-0.25, -0.2) is 4.98 Å². The number of aromatic nitrogens is 2. The molecule has 5 heteroatoms. The predicted molar refractivity (Wildman–Crippen MR) is 99.6 cm³/mol. The van der Waals surface area contributed by atoms with Crippen LogP contribution in [0.25, 0.3) is 16.7 Å². The fraction of sp³-hybridized carbons (Fsp3) is 0.0526. The first-order valence-corrected chi connectivity index (χ1v) is 8.30. The summed E-state index contributed by atoms with van der Waals surface area (Å²) in [4.78, 5) is 4.66. The van der Waals surface area contributed by atoms with Crippen molar-refractivity contribution in [2.75, 3.05) is 5.32 Å². The maximum absolute atomic E-state index is 9.52. The van der Waals surface area contributed by atoms with Gasteiger partial charge >= 0.3 is 0 Å². The van der Waals surface area contributed by atoms with Gasteiger partial charge in [0.25, 0.3) is 0 Å². The Bertz CT molecular complexity index is 1100. The second-order valence-corrected chi connectivity index (χ2v) is 6.51. The highest BCUT2D eigenvalue weighted by Gasteiger charge is 2.15. The number of hydrogen-bond acceptors (Lipinski definition) is 3. The largest absolute Gasteiger partial charge is 0.341 e. The monoisotopic (exact) mass is 376 g/mol. The second-order valence-electron chi connectivity index (χ2n) is 5.59. The molecule has 0 fully saturated rings. The molecule has 0 saturated carbocycles. The van der Waals surface area contributed by atoms with E-state index >= 15 is 0 Å². The number of nitriles is 1. The van der Waals surface area contributed by atoms with Crippen molar-refractivity contribution >= 4 is 44.1 Å². The van der Waals surface area contributed by atoms with Crippen LogP contribution in [0.1, 0.15) is 11.1 Å². The van der Waals surface area contributed by atoms with Crippen LogP contribution in [0.3, 0.4) is 0 Å². The van der Waals surface area contributed by atoms with Gasteiger partial charge in [-0.1, -0.05) is 28.1 Å². The molecule has 4 aromatic rings. The van der Waals surface area contributed by atoms with Crippen LogP contribution in [-0.4, -0.2) is 9.38 Å². The molecule has 4 nitrogen and oxygen atoms in total. The maximum Gasteiger partial charge on any atom is 0.157 e. The molecule has 2 heterocycles. The number of halogens is 1. The van der Waals surface area contributed by atoms with E-state index in [2.05, 4.69) is 32.3 Å². The molecule has 0 radical (unpaired) electrons. The van der Waals surface area contributed by atoms with E-state index in [9.17, 15) is 5.26 Å². The molecule has 0 atom stereocenters. The number of benzene rings is 2. The molecule has 1 N–H and O–H groups in total. The van der Waals surface area contributed by atoms with Crippen LogP contribution in [0.4, 0.5) is 11.5 Å². The zero-order valence-electron chi connectivity index (χ0n) is 12.9. The molecule has 0 aliphatic carbocycles. The third-order valence-corrected chi connectivity index (χ3v) is 4.53. The van der Waals surface area contributed by atoms with Gasteiger partial charge in [-0.3, -0.25) is 4.40 Å². The summed E-state index contributed by atoms with van der Waals surface area (Å²) < 4.78 is 3.03. The number of rotatable bonds is 2. The summed E-state index contributed by atoms with van der Waals surface area (Å²) >= 11 is 3.45. The summed E-state index contributed by atoms with van der Waals surface area (Å²) in [5.74, 6) is 0.887. The van der Waals surface area contributed by atoms with E-state index in [1.165, 1.54) is 0 Å². The van der Waals surface area contributed by atoms with Crippen molar-refractivity contribution in [3.63, 3.8) is 0 Å². The minimum atomic E-state index is 0.604. The smallest absolute Gasteiger partial charge is 0.157 e. The number of hydrogen-bond donors (Lipinski definition) is 1. The molecule has 24 heavy (non-hydrogen) atoms. The summed E-state index contributed by atoms with van der Waals surface area (Å²) in [5.41, 5.74) is 5.01. The van der Waals surface area contributed by atoms with Gasteiger partial charge in [0.05, 0.1) is 16.6 Å². The quantitative estimate of drug-likeness (QED) is 0.524. The number of para-hydroxylation sites is 2. The third kappa shape index (κ3) is 2.32. The standard InChI is InChI=1S/C19H13BrN4/c1-12-10-18(22-14-8-6-13(20)7-9-14)24-17-5-3-2-4-16(17)23-19(24)15(12)11-21/h2-10,22H,1H3. The first-order chi connectivity index (χ1) is 11.7. The van der Waals surface area contributed by atoms with E-state index in [-0.39, 0.29) is 0 Å². The van der Waals surface area contributed by atoms with Crippen molar-refractivity contribution in [2.45, 2.75) is 6.92 Å². The summed E-state index contributed by atoms with van der Waals surface area (Å²) in [6.07, 6.45) is 0. The van der Waals surface area contributed by atoms with Gasteiger partial charge in [-0.2, -0.15) is 5.26 Å². The minimum Gasteiger partial charge on any atom is -0.341 e. The first kappa shape index (κ1) is 14.7. The van der Waals surface area contributed by atoms with Gasteiger partial charge in [-0.05, 0) is 55.0 Å². The number of nitrogens with one attached hydrogen (secondary N) is 1. The van der Waals surface area contributed by atoms with E-state index in [1.807, 2.05) is 65.9 Å². The van der Waals surface area contributed by atoms with Crippen molar-refractivity contribution in [3.05, 3.63) is 70.2 Å². The zero-order chi connectivity index (χ0) is 16.7.